The highest BCUT2D eigenvalue weighted by Gasteiger charge is 2.29. The van der Waals surface area contributed by atoms with Gasteiger partial charge in [0.15, 0.2) is 0 Å². The summed E-state index contributed by atoms with van der Waals surface area (Å²) in [6.45, 7) is 0. The second-order valence-electron chi connectivity index (χ2n) is 3.84. The molecule has 2 rings (SSSR count). The molecule has 0 heterocycles. The Morgan fingerprint density at radius 3 is 2.40 bits per heavy atom. The smallest absolute Gasteiger partial charge is 0.288 e. The van der Waals surface area contributed by atoms with Crippen LogP contribution in [0.5, 0.6) is 5.75 Å². The van der Waals surface area contributed by atoms with Gasteiger partial charge in [-0.1, -0.05) is 28.1 Å². The number of nitro benzene ring substituents is 1. The van der Waals surface area contributed by atoms with E-state index in [1.54, 1.807) is 0 Å². The van der Waals surface area contributed by atoms with Crippen LogP contribution in [0.2, 0.25) is 0 Å². The van der Waals surface area contributed by atoms with Crippen LogP contribution in [-0.4, -0.2) is 18.4 Å². The van der Waals surface area contributed by atoms with Crippen LogP contribution in [0.15, 0.2) is 56.7 Å². The van der Waals surface area contributed by atoms with Gasteiger partial charge in [0.2, 0.25) is 9.84 Å². The highest BCUT2D eigenvalue weighted by atomic mass is 79.9. The van der Waals surface area contributed by atoms with E-state index in [9.17, 15) is 23.6 Å². The molecule has 2 aromatic rings. The number of nitrogens with zero attached hydrogens (tertiary/aromatic N) is 1. The number of aromatic hydroxyl groups is 1. The van der Waals surface area contributed by atoms with Gasteiger partial charge in [-0.3, -0.25) is 10.1 Å². The number of benzene rings is 2. The van der Waals surface area contributed by atoms with Crippen molar-refractivity contribution in [3.63, 3.8) is 0 Å². The van der Waals surface area contributed by atoms with Crippen LogP contribution in [-0.2, 0) is 9.84 Å². The average Bonchev–Trinajstić information content (AvgIpc) is 2.41. The summed E-state index contributed by atoms with van der Waals surface area (Å²) in [5, 5.41) is 20.6. The normalized spacial score (nSPS) is 11.2. The number of halogens is 1. The molecule has 0 aliphatic heterocycles. The summed E-state index contributed by atoms with van der Waals surface area (Å²) < 4.78 is 25.3. The monoisotopic (exact) mass is 357 g/mol. The Kier molecular flexibility index (Phi) is 3.78. The molecule has 2 aromatic carbocycles. The number of phenolic OH excluding ortho intramolecular Hbond substituents is 1. The quantitative estimate of drug-likeness (QED) is 0.672. The van der Waals surface area contributed by atoms with Gasteiger partial charge in [0, 0.05) is 10.5 Å². The van der Waals surface area contributed by atoms with E-state index < -0.39 is 31.1 Å². The zero-order valence-electron chi connectivity index (χ0n) is 9.86. The number of para-hydroxylation sites is 1. The molecular formula is C12H8BrNO5S. The minimum absolute atomic E-state index is 0.388. The van der Waals surface area contributed by atoms with Crippen molar-refractivity contribution in [3.05, 3.63) is 57.1 Å². The number of rotatable bonds is 3. The maximum Gasteiger partial charge on any atom is 0.288 e. The topological polar surface area (TPSA) is 97.5 Å². The molecule has 0 radical (unpaired) electrons. The number of phenols is 1. The Bertz CT molecular complexity index is 788. The van der Waals surface area contributed by atoms with Gasteiger partial charge in [0.25, 0.3) is 5.69 Å². The van der Waals surface area contributed by atoms with Crippen LogP contribution in [0.25, 0.3) is 0 Å². The van der Waals surface area contributed by atoms with Gasteiger partial charge >= 0.3 is 0 Å². The molecule has 8 heteroatoms. The molecule has 1 N–H and O–H groups in total. The third-order valence-corrected chi connectivity index (χ3v) is 4.89. The summed E-state index contributed by atoms with van der Waals surface area (Å²) in [5.41, 5.74) is -0.535. The zero-order chi connectivity index (χ0) is 14.9. The van der Waals surface area contributed by atoms with Crippen molar-refractivity contribution in [2.45, 2.75) is 9.79 Å². The van der Waals surface area contributed by atoms with Crippen molar-refractivity contribution in [3.8, 4) is 5.75 Å². The van der Waals surface area contributed by atoms with Gasteiger partial charge in [-0.25, -0.2) is 8.42 Å². The zero-order valence-corrected chi connectivity index (χ0v) is 12.3. The Morgan fingerprint density at radius 1 is 1.10 bits per heavy atom. The molecule has 0 unspecified atom stereocenters. The third kappa shape index (κ3) is 2.52. The van der Waals surface area contributed by atoms with Gasteiger partial charge in [-0.15, -0.1) is 0 Å². The first kappa shape index (κ1) is 14.5. The second-order valence-corrected chi connectivity index (χ2v) is 6.64. The lowest BCUT2D eigenvalue weighted by Gasteiger charge is -2.07. The van der Waals surface area contributed by atoms with E-state index in [2.05, 4.69) is 15.9 Å². The molecular weight excluding hydrogens is 350 g/mol. The van der Waals surface area contributed by atoms with Crippen LogP contribution in [0.1, 0.15) is 0 Å². The molecule has 0 aliphatic carbocycles. The maximum absolute atomic E-state index is 12.4. The van der Waals surface area contributed by atoms with Crippen LogP contribution < -0.4 is 0 Å². The highest BCUT2D eigenvalue weighted by molar-refractivity contribution is 9.10. The maximum atomic E-state index is 12.4. The molecule has 0 aliphatic rings. The third-order valence-electron chi connectivity index (χ3n) is 2.56. The van der Waals surface area contributed by atoms with Gasteiger partial charge in [-0.05, 0) is 24.3 Å². The van der Waals surface area contributed by atoms with Crippen LogP contribution in [0, 0.1) is 10.1 Å². The van der Waals surface area contributed by atoms with Gasteiger partial charge in [0.05, 0.1) is 4.92 Å². The van der Waals surface area contributed by atoms with E-state index in [1.165, 1.54) is 30.3 Å². The largest absolute Gasteiger partial charge is 0.507 e. The molecule has 0 fully saturated rings. The summed E-state index contributed by atoms with van der Waals surface area (Å²) in [6, 6.07) is 8.85. The van der Waals surface area contributed by atoms with E-state index in [1.807, 2.05) is 0 Å². The first-order valence-electron chi connectivity index (χ1n) is 5.31. The second kappa shape index (κ2) is 5.22. The molecule has 20 heavy (non-hydrogen) atoms. The van der Waals surface area contributed by atoms with E-state index in [4.69, 9.17) is 0 Å². The Morgan fingerprint density at radius 2 is 1.75 bits per heavy atom. The first-order valence-corrected chi connectivity index (χ1v) is 7.58. The summed E-state index contributed by atoms with van der Waals surface area (Å²) in [4.78, 5) is 9.30. The molecule has 0 aromatic heterocycles. The number of nitro groups is 1. The predicted octanol–water partition coefficient (Wildman–Crippen LogP) is 2.90. The fourth-order valence-corrected chi connectivity index (χ4v) is 3.71. The minimum Gasteiger partial charge on any atom is -0.507 e. The molecule has 6 nitrogen and oxygen atoms in total. The van der Waals surface area contributed by atoms with E-state index >= 15 is 0 Å². The van der Waals surface area contributed by atoms with Crippen molar-refractivity contribution >= 4 is 31.5 Å². The van der Waals surface area contributed by atoms with Crippen LogP contribution >= 0.6 is 15.9 Å². The number of hydrogen-bond acceptors (Lipinski definition) is 5. The Labute approximate surface area is 122 Å². The first-order chi connectivity index (χ1) is 9.34. The minimum atomic E-state index is -4.19. The number of hydrogen-bond donors (Lipinski definition) is 1. The van der Waals surface area contributed by atoms with Crippen molar-refractivity contribution in [2.75, 3.05) is 0 Å². The van der Waals surface area contributed by atoms with E-state index in [0.29, 0.717) is 4.47 Å². The van der Waals surface area contributed by atoms with Gasteiger partial charge in [0.1, 0.15) is 15.5 Å². The van der Waals surface area contributed by atoms with Gasteiger partial charge in [-0.2, -0.15) is 0 Å². The van der Waals surface area contributed by atoms with Gasteiger partial charge < -0.3 is 5.11 Å². The van der Waals surface area contributed by atoms with Crippen molar-refractivity contribution in [1.82, 2.24) is 0 Å². The predicted molar refractivity (Wildman–Crippen MR) is 74.4 cm³/mol. The molecule has 0 atom stereocenters. The Hall–Kier alpha value is -1.93. The molecule has 0 amide bonds. The highest BCUT2D eigenvalue weighted by Crippen LogP contribution is 2.34. The Balaban J connectivity index is 2.74. The lowest BCUT2D eigenvalue weighted by molar-refractivity contribution is -0.387. The standard InChI is InChI=1S/C12H8BrNO5S/c13-8-5-6-10(15)12(7-8)20(18,19)11-4-2-1-3-9(11)14(16)17/h1-7,15H. The lowest BCUT2D eigenvalue weighted by atomic mass is 10.3. The van der Waals surface area contributed by atoms with Crippen molar-refractivity contribution in [1.29, 1.82) is 0 Å². The summed E-state index contributed by atoms with van der Waals surface area (Å²) in [7, 11) is -4.19. The lowest BCUT2D eigenvalue weighted by Crippen LogP contribution is -2.06. The fourth-order valence-electron chi connectivity index (χ4n) is 1.66. The summed E-state index contributed by atoms with van der Waals surface area (Å²) in [6.07, 6.45) is 0. The van der Waals surface area contributed by atoms with E-state index in [-0.39, 0.29) is 4.90 Å². The number of sulfone groups is 1. The van der Waals surface area contributed by atoms with Crippen molar-refractivity contribution in [2.24, 2.45) is 0 Å². The summed E-state index contributed by atoms with van der Waals surface area (Å²) >= 11 is 3.10. The summed E-state index contributed by atoms with van der Waals surface area (Å²) in [5.74, 6) is -0.466. The molecule has 104 valence electrons. The van der Waals surface area contributed by atoms with Crippen LogP contribution in [0.4, 0.5) is 5.69 Å². The van der Waals surface area contributed by atoms with Crippen LogP contribution in [0.3, 0.4) is 0 Å². The molecule has 0 bridgehead atoms. The van der Waals surface area contributed by atoms with E-state index in [0.717, 1.165) is 12.1 Å². The SMILES string of the molecule is O=[N+]([O-])c1ccccc1S(=O)(=O)c1cc(Br)ccc1O. The molecule has 0 spiro atoms. The molecule has 0 saturated heterocycles. The molecule has 0 saturated carbocycles. The average molecular weight is 358 g/mol. The van der Waals surface area contributed by atoms with Crippen molar-refractivity contribution < 1.29 is 18.4 Å². The fraction of sp³-hybridized carbons (Fsp3) is 0.